The van der Waals surface area contributed by atoms with E-state index >= 15 is 0 Å². The Hall–Kier alpha value is -2.59. The minimum atomic E-state index is -4.79. The molecule has 0 atom stereocenters. The molecule has 0 radical (unpaired) electrons. The Labute approximate surface area is 179 Å². The highest BCUT2D eigenvalue weighted by atomic mass is 32.2. The van der Waals surface area contributed by atoms with Gasteiger partial charge in [0.1, 0.15) is 5.75 Å². The van der Waals surface area contributed by atoms with Crippen molar-refractivity contribution in [2.24, 2.45) is 0 Å². The number of hydrogen-bond donors (Lipinski definition) is 0. The molecule has 0 spiro atoms. The van der Waals surface area contributed by atoms with Crippen LogP contribution in [-0.4, -0.2) is 44.6 Å². The molecule has 31 heavy (non-hydrogen) atoms. The van der Waals surface area contributed by atoms with E-state index in [4.69, 9.17) is 0 Å². The lowest BCUT2D eigenvalue weighted by Crippen LogP contribution is -2.35. The lowest BCUT2D eigenvalue weighted by Gasteiger charge is -2.30. The minimum absolute atomic E-state index is 0.0979. The minimum Gasteiger partial charge on any atom is -0.406 e. The molecule has 1 heterocycles. The zero-order chi connectivity index (χ0) is 22.8. The smallest absolute Gasteiger partial charge is 0.406 e. The van der Waals surface area contributed by atoms with Gasteiger partial charge >= 0.3 is 6.36 Å². The van der Waals surface area contributed by atoms with E-state index in [1.807, 2.05) is 0 Å². The molecule has 2 aromatic rings. The van der Waals surface area contributed by atoms with Gasteiger partial charge in [-0.3, -0.25) is 4.79 Å². The SMILES string of the molecule is CCN(CC)S(=O)(=O)c1ccc(C(=O)N2CCCc3cc(OC(F)(F)F)ccc32)cc1. The van der Waals surface area contributed by atoms with Gasteiger partial charge in [-0.15, -0.1) is 13.2 Å². The standard InChI is InChI=1S/C21H23F3N2O4S/c1-3-25(4-2)31(28,29)18-10-7-15(8-11-18)20(27)26-13-5-6-16-14-17(9-12-19(16)26)30-21(22,23)24/h7-12,14H,3-6,13H2,1-2H3. The molecule has 0 N–H and O–H groups in total. The second-order valence-electron chi connectivity index (χ2n) is 7.01. The highest BCUT2D eigenvalue weighted by Gasteiger charge is 2.32. The Kier molecular flexibility index (Phi) is 6.61. The number of rotatable bonds is 6. The summed E-state index contributed by atoms with van der Waals surface area (Å²) in [6.45, 7) is 4.58. The summed E-state index contributed by atoms with van der Waals surface area (Å²) in [5.41, 5.74) is 1.40. The van der Waals surface area contributed by atoms with E-state index in [1.165, 1.54) is 51.7 Å². The van der Waals surface area contributed by atoms with Gasteiger partial charge in [-0.1, -0.05) is 13.8 Å². The maximum Gasteiger partial charge on any atom is 0.573 e. The molecule has 6 nitrogen and oxygen atoms in total. The summed E-state index contributed by atoms with van der Waals surface area (Å²) in [6, 6.07) is 9.60. The summed E-state index contributed by atoms with van der Waals surface area (Å²) in [6.07, 6.45) is -3.68. The fourth-order valence-electron chi connectivity index (χ4n) is 3.62. The van der Waals surface area contributed by atoms with Gasteiger partial charge in [0.05, 0.1) is 4.90 Å². The van der Waals surface area contributed by atoms with Crippen molar-refractivity contribution >= 4 is 21.6 Å². The van der Waals surface area contributed by atoms with Gasteiger partial charge in [0.25, 0.3) is 5.91 Å². The van der Waals surface area contributed by atoms with Crippen molar-refractivity contribution in [1.82, 2.24) is 4.31 Å². The van der Waals surface area contributed by atoms with Crippen LogP contribution in [0.25, 0.3) is 0 Å². The Bertz CT molecular complexity index is 1050. The van der Waals surface area contributed by atoms with Crippen molar-refractivity contribution in [3.8, 4) is 5.75 Å². The number of benzene rings is 2. The average molecular weight is 456 g/mol. The molecular formula is C21H23F3N2O4S. The molecule has 0 saturated heterocycles. The van der Waals surface area contributed by atoms with Crippen molar-refractivity contribution in [2.75, 3.05) is 24.5 Å². The molecular weight excluding hydrogens is 433 g/mol. The number of carbonyl (C=O) groups excluding carboxylic acids is 1. The maximum atomic E-state index is 13.0. The first kappa shape index (κ1) is 23.1. The fraction of sp³-hybridized carbons (Fsp3) is 0.381. The van der Waals surface area contributed by atoms with E-state index in [-0.39, 0.29) is 16.6 Å². The zero-order valence-electron chi connectivity index (χ0n) is 17.1. The Morgan fingerprint density at radius 3 is 2.32 bits per heavy atom. The lowest BCUT2D eigenvalue weighted by molar-refractivity contribution is -0.274. The molecule has 0 saturated carbocycles. The van der Waals surface area contributed by atoms with E-state index in [0.29, 0.717) is 49.3 Å². The summed E-state index contributed by atoms with van der Waals surface area (Å²) < 4.78 is 67.9. The number of fused-ring (bicyclic) bond motifs is 1. The van der Waals surface area contributed by atoms with Crippen LogP contribution in [0.3, 0.4) is 0 Å². The molecule has 0 fully saturated rings. The Morgan fingerprint density at radius 1 is 1.10 bits per heavy atom. The summed E-state index contributed by atoms with van der Waals surface area (Å²) in [5, 5.41) is 0. The first-order valence-electron chi connectivity index (χ1n) is 9.87. The van der Waals surface area contributed by atoms with Gasteiger partial charge in [-0.25, -0.2) is 8.42 Å². The molecule has 0 aromatic heterocycles. The number of amides is 1. The van der Waals surface area contributed by atoms with Crippen molar-refractivity contribution in [3.05, 3.63) is 53.6 Å². The number of aryl methyl sites for hydroxylation is 1. The van der Waals surface area contributed by atoms with Crippen LogP contribution in [0.1, 0.15) is 36.2 Å². The van der Waals surface area contributed by atoms with E-state index in [2.05, 4.69) is 4.74 Å². The summed E-state index contributed by atoms with van der Waals surface area (Å²) in [5.74, 6) is -0.677. The predicted molar refractivity (Wildman–Crippen MR) is 110 cm³/mol. The summed E-state index contributed by atoms with van der Waals surface area (Å²) in [4.78, 5) is 14.6. The summed E-state index contributed by atoms with van der Waals surface area (Å²) >= 11 is 0. The number of hydrogen-bond acceptors (Lipinski definition) is 4. The molecule has 3 rings (SSSR count). The first-order valence-corrected chi connectivity index (χ1v) is 11.3. The highest BCUT2D eigenvalue weighted by Crippen LogP contribution is 2.33. The third-order valence-corrected chi connectivity index (χ3v) is 7.16. The molecule has 0 unspecified atom stereocenters. The van der Waals surface area contributed by atoms with E-state index < -0.39 is 16.4 Å². The van der Waals surface area contributed by atoms with Crippen molar-refractivity contribution in [2.45, 2.75) is 37.9 Å². The molecule has 0 aliphatic carbocycles. The largest absolute Gasteiger partial charge is 0.573 e. The van der Waals surface area contributed by atoms with Crippen LogP contribution in [-0.2, 0) is 16.4 Å². The third-order valence-electron chi connectivity index (χ3n) is 5.09. The van der Waals surface area contributed by atoms with Crippen LogP contribution < -0.4 is 9.64 Å². The number of ether oxygens (including phenoxy) is 1. The molecule has 10 heteroatoms. The number of sulfonamides is 1. The van der Waals surface area contributed by atoms with Crippen LogP contribution in [0.4, 0.5) is 18.9 Å². The molecule has 168 valence electrons. The van der Waals surface area contributed by atoms with Crippen LogP contribution in [0, 0.1) is 0 Å². The first-order chi connectivity index (χ1) is 14.6. The van der Waals surface area contributed by atoms with E-state index in [0.717, 1.165) is 0 Å². The Morgan fingerprint density at radius 2 is 1.74 bits per heavy atom. The normalized spacial score (nSPS) is 14.5. The van der Waals surface area contributed by atoms with Gasteiger partial charge in [0.2, 0.25) is 10.0 Å². The molecule has 2 aromatic carbocycles. The summed E-state index contributed by atoms with van der Waals surface area (Å²) in [7, 11) is -3.63. The van der Waals surface area contributed by atoms with Crippen LogP contribution in [0.5, 0.6) is 5.75 Å². The second kappa shape index (κ2) is 8.88. The molecule has 1 aliphatic rings. The third kappa shape index (κ3) is 5.01. The van der Waals surface area contributed by atoms with E-state index in [9.17, 15) is 26.4 Å². The monoisotopic (exact) mass is 456 g/mol. The van der Waals surface area contributed by atoms with E-state index in [1.54, 1.807) is 13.8 Å². The van der Waals surface area contributed by atoms with Crippen LogP contribution in [0.15, 0.2) is 47.4 Å². The number of nitrogens with zero attached hydrogens (tertiary/aromatic N) is 2. The fourth-order valence-corrected chi connectivity index (χ4v) is 5.08. The van der Waals surface area contributed by atoms with Gasteiger partial charge in [0.15, 0.2) is 0 Å². The number of carbonyl (C=O) groups is 1. The lowest BCUT2D eigenvalue weighted by atomic mass is 10.0. The molecule has 1 amide bonds. The van der Waals surface area contributed by atoms with Crippen molar-refractivity contribution in [1.29, 1.82) is 0 Å². The number of alkyl halides is 3. The number of anilines is 1. The topological polar surface area (TPSA) is 66.9 Å². The number of halogens is 3. The van der Waals surface area contributed by atoms with Gasteiger partial charge in [-0.05, 0) is 60.9 Å². The van der Waals surface area contributed by atoms with Gasteiger partial charge < -0.3 is 9.64 Å². The zero-order valence-corrected chi connectivity index (χ0v) is 18.0. The van der Waals surface area contributed by atoms with Crippen LogP contribution >= 0.6 is 0 Å². The molecule has 1 aliphatic heterocycles. The van der Waals surface area contributed by atoms with Crippen molar-refractivity contribution < 1.29 is 31.1 Å². The second-order valence-corrected chi connectivity index (χ2v) is 8.95. The predicted octanol–water partition coefficient (Wildman–Crippen LogP) is 4.21. The van der Waals surface area contributed by atoms with Gasteiger partial charge in [0, 0.05) is 30.9 Å². The van der Waals surface area contributed by atoms with Crippen LogP contribution in [0.2, 0.25) is 0 Å². The van der Waals surface area contributed by atoms with Gasteiger partial charge in [-0.2, -0.15) is 4.31 Å². The Balaban J connectivity index is 1.85. The van der Waals surface area contributed by atoms with Crippen molar-refractivity contribution in [3.63, 3.8) is 0 Å². The molecule has 0 bridgehead atoms. The maximum absolute atomic E-state index is 13.0. The average Bonchev–Trinajstić information content (AvgIpc) is 2.72. The highest BCUT2D eigenvalue weighted by molar-refractivity contribution is 7.89. The quantitative estimate of drug-likeness (QED) is 0.653.